The molecule has 0 saturated carbocycles. The van der Waals surface area contributed by atoms with Gasteiger partial charge in [0.15, 0.2) is 18.1 Å². The molecule has 0 spiro atoms. The van der Waals surface area contributed by atoms with Crippen LogP contribution in [0.15, 0.2) is 60.7 Å². The Kier molecular flexibility index (Phi) is 6.37. The van der Waals surface area contributed by atoms with E-state index in [1.54, 1.807) is 36.4 Å². The molecule has 0 fully saturated rings. The van der Waals surface area contributed by atoms with Crippen molar-refractivity contribution in [2.45, 2.75) is 6.17 Å². The number of rotatable bonds is 6. The molecule has 1 heterocycles. The van der Waals surface area contributed by atoms with Gasteiger partial charge in [-0.2, -0.15) is 0 Å². The Bertz CT molecular complexity index is 1200. The highest BCUT2D eigenvalue weighted by atomic mass is 35.5. The van der Waals surface area contributed by atoms with Crippen LogP contribution in [0.4, 0.5) is 15.8 Å². The number of amides is 1. The molecule has 1 aliphatic heterocycles. The van der Waals surface area contributed by atoms with E-state index in [4.69, 9.17) is 21.1 Å². The van der Waals surface area contributed by atoms with Crippen LogP contribution in [0.5, 0.6) is 11.5 Å². The van der Waals surface area contributed by atoms with Crippen molar-refractivity contribution >= 4 is 34.9 Å². The highest BCUT2D eigenvalue weighted by Gasteiger charge is 2.36. The third-order valence-corrected chi connectivity index (χ3v) is 5.37. The number of ether oxygens (including phenoxy) is 3. The molecular weight excluding hydrogens is 451 g/mol. The lowest BCUT2D eigenvalue weighted by molar-refractivity contribution is -0.142. The van der Waals surface area contributed by atoms with E-state index in [1.165, 1.54) is 43.4 Å². The number of hydrogen-bond donors (Lipinski definition) is 1. The first-order valence-corrected chi connectivity index (χ1v) is 10.3. The average Bonchev–Trinajstić information content (AvgIpc) is 2.83. The minimum Gasteiger partial charge on any atom is -0.493 e. The van der Waals surface area contributed by atoms with Crippen LogP contribution in [0, 0.1) is 5.82 Å². The molecule has 7 nitrogen and oxygen atoms in total. The summed E-state index contributed by atoms with van der Waals surface area (Å²) < 4.78 is 29.5. The summed E-state index contributed by atoms with van der Waals surface area (Å²) in [7, 11) is 2.69. The molecule has 1 unspecified atom stereocenters. The molecule has 1 N–H and O–H groups in total. The van der Waals surface area contributed by atoms with Gasteiger partial charge in [0.05, 0.1) is 19.8 Å². The molecule has 3 aromatic rings. The van der Waals surface area contributed by atoms with E-state index in [9.17, 15) is 14.0 Å². The van der Waals surface area contributed by atoms with Gasteiger partial charge in [-0.05, 0) is 42.5 Å². The quantitative estimate of drug-likeness (QED) is 0.521. The van der Waals surface area contributed by atoms with Gasteiger partial charge in [-0.15, -0.1) is 0 Å². The topological polar surface area (TPSA) is 77.1 Å². The predicted octanol–water partition coefficient (Wildman–Crippen LogP) is 4.81. The largest absolute Gasteiger partial charge is 0.493 e. The zero-order chi connectivity index (χ0) is 23.5. The van der Waals surface area contributed by atoms with E-state index < -0.39 is 18.0 Å². The minimum atomic E-state index is -0.807. The van der Waals surface area contributed by atoms with Gasteiger partial charge in [0, 0.05) is 28.0 Å². The molecule has 170 valence electrons. The van der Waals surface area contributed by atoms with Crippen LogP contribution in [-0.4, -0.2) is 32.7 Å². The molecule has 0 aliphatic carbocycles. The van der Waals surface area contributed by atoms with Gasteiger partial charge < -0.3 is 19.5 Å². The Labute approximate surface area is 194 Å². The molecule has 1 atom stereocenters. The molecule has 0 radical (unpaired) electrons. The van der Waals surface area contributed by atoms with E-state index in [1.807, 2.05) is 0 Å². The Hall–Kier alpha value is -3.78. The Balaban J connectivity index is 1.89. The van der Waals surface area contributed by atoms with Gasteiger partial charge >= 0.3 is 5.97 Å². The van der Waals surface area contributed by atoms with E-state index in [0.29, 0.717) is 27.5 Å². The zero-order valence-electron chi connectivity index (χ0n) is 17.8. The number of carbonyl (C=O) groups excluding carboxylic acids is 2. The molecule has 33 heavy (non-hydrogen) atoms. The van der Waals surface area contributed by atoms with Crippen molar-refractivity contribution < 1.29 is 28.2 Å². The molecule has 1 amide bonds. The third kappa shape index (κ3) is 4.42. The smallest absolute Gasteiger partial charge is 0.343 e. The van der Waals surface area contributed by atoms with Gasteiger partial charge in [-0.1, -0.05) is 23.7 Å². The molecule has 3 aromatic carbocycles. The van der Waals surface area contributed by atoms with Gasteiger partial charge in [0.2, 0.25) is 0 Å². The number of nitrogens with zero attached hydrogens (tertiary/aromatic N) is 1. The number of carbonyl (C=O) groups is 2. The minimum absolute atomic E-state index is 0.212. The van der Waals surface area contributed by atoms with Crippen LogP contribution in [0.3, 0.4) is 0 Å². The third-order valence-electron chi connectivity index (χ3n) is 5.16. The summed E-state index contributed by atoms with van der Waals surface area (Å²) in [6.07, 6.45) is -0.807. The number of nitrogens with one attached hydrogen (secondary N) is 1. The van der Waals surface area contributed by atoms with Crippen molar-refractivity contribution in [3.05, 3.63) is 82.6 Å². The maximum Gasteiger partial charge on any atom is 0.343 e. The fraction of sp³-hybridized carbons (Fsp3) is 0.167. The summed E-state index contributed by atoms with van der Waals surface area (Å²) in [6, 6.07) is 15.8. The number of para-hydroxylation sites is 1. The van der Waals surface area contributed by atoms with Crippen LogP contribution in [-0.2, 0) is 9.53 Å². The highest BCUT2D eigenvalue weighted by molar-refractivity contribution is 6.31. The first-order valence-electron chi connectivity index (χ1n) is 9.94. The average molecular weight is 471 g/mol. The van der Waals surface area contributed by atoms with Crippen molar-refractivity contribution in [1.82, 2.24) is 0 Å². The Morgan fingerprint density at radius 2 is 1.85 bits per heavy atom. The molecule has 0 aromatic heterocycles. The number of benzene rings is 3. The second-order valence-corrected chi connectivity index (χ2v) is 7.57. The zero-order valence-corrected chi connectivity index (χ0v) is 18.6. The normalized spacial score (nSPS) is 14.8. The number of anilines is 2. The SMILES string of the molecule is COC(=O)COc1c(OC)cc(Cl)cc1C1Nc2ccccc2C(=O)N1c1ccc(F)cc1. The monoisotopic (exact) mass is 470 g/mol. The molecule has 0 saturated heterocycles. The van der Waals surface area contributed by atoms with E-state index in [-0.39, 0.29) is 24.0 Å². The van der Waals surface area contributed by atoms with E-state index in [2.05, 4.69) is 10.1 Å². The lowest BCUT2D eigenvalue weighted by Crippen LogP contribution is -2.43. The van der Waals surface area contributed by atoms with Crippen LogP contribution < -0.4 is 19.7 Å². The number of halogens is 2. The fourth-order valence-electron chi connectivity index (χ4n) is 3.63. The fourth-order valence-corrected chi connectivity index (χ4v) is 3.84. The Morgan fingerprint density at radius 1 is 1.12 bits per heavy atom. The summed E-state index contributed by atoms with van der Waals surface area (Å²) in [4.78, 5) is 26.8. The first kappa shape index (κ1) is 22.4. The summed E-state index contributed by atoms with van der Waals surface area (Å²) in [5.74, 6) is -0.845. The van der Waals surface area contributed by atoms with Gasteiger partial charge in [0.1, 0.15) is 12.0 Å². The van der Waals surface area contributed by atoms with E-state index >= 15 is 0 Å². The van der Waals surface area contributed by atoms with Crippen molar-refractivity contribution in [2.24, 2.45) is 0 Å². The van der Waals surface area contributed by atoms with Gasteiger partial charge in [-0.3, -0.25) is 9.69 Å². The highest BCUT2D eigenvalue weighted by Crippen LogP contribution is 2.44. The van der Waals surface area contributed by atoms with Gasteiger partial charge in [0.25, 0.3) is 5.91 Å². The molecule has 4 rings (SSSR count). The first-order chi connectivity index (χ1) is 15.9. The molecule has 0 bridgehead atoms. The number of methoxy groups -OCH3 is 2. The number of hydrogen-bond acceptors (Lipinski definition) is 6. The summed E-state index contributed by atoms with van der Waals surface area (Å²) in [5, 5.41) is 3.66. The lowest BCUT2D eigenvalue weighted by atomic mass is 10.0. The van der Waals surface area contributed by atoms with Crippen LogP contribution in [0.1, 0.15) is 22.1 Å². The van der Waals surface area contributed by atoms with Crippen molar-refractivity contribution in [3.63, 3.8) is 0 Å². The number of esters is 1. The molecule has 1 aliphatic rings. The van der Waals surface area contributed by atoms with E-state index in [0.717, 1.165) is 0 Å². The standard InChI is InChI=1S/C24H20ClFN2O5/c1-31-20-12-14(25)11-18(22(20)33-13-21(29)32-2)23-27-19-6-4-3-5-17(19)24(30)28(23)16-9-7-15(26)8-10-16/h3-12,23,27H,13H2,1-2H3. The maximum absolute atomic E-state index is 13.6. The lowest BCUT2D eigenvalue weighted by Gasteiger charge is -2.38. The summed E-state index contributed by atoms with van der Waals surface area (Å²) in [6.45, 7) is -0.380. The summed E-state index contributed by atoms with van der Waals surface area (Å²) >= 11 is 6.35. The van der Waals surface area contributed by atoms with Crippen LogP contribution >= 0.6 is 11.6 Å². The predicted molar refractivity (Wildman–Crippen MR) is 122 cm³/mol. The number of fused-ring (bicyclic) bond motifs is 1. The molecular formula is C24H20ClFN2O5. The van der Waals surface area contributed by atoms with Crippen LogP contribution in [0.25, 0.3) is 0 Å². The second kappa shape index (κ2) is 9.38. The van der Waals surface area contributed by atoms with Crippen LogP contribution in [0.2, 0.25) is 5.02 Å². The Morgan fingerprint density at radius 3 is 2.55 bits per heavy atom. The second-order valence-electron chi connectivity index (χ2n) is 7.14. The van der Waals surface area contributed by atoms with Crippen molar-refractivity contribution in [3.8, 4) is 11.5 Å². The molecule has 9 heteroatoms. The summed E-state index contributed by atoms with van der Waals surface area (Å²) in [5.41, 5.74) is 1.94. The maximum atomic E-state index is 13.6. The van der Waals surface area contributed by atoms with Gasteiger partial charge in [-0.25, -0.2) is 9.18 Å². The van der Waals surface area contributed by atoms with Crippen molar-refractivity contribution in [1.29, 1.82) is 0 Å². The van der Waals surface area contributed by atoms with Crippen molar-refractivity contribution in [2.75, 3.05) is 31.0 Å².